The maximum Gasteiger partial charge on any atom is 0.260 e. The number of fused-ring (bicyclic) bond motifs is 1. The van der Waals surface area contributed by atoms with Crippen molar-refractivity contribution >= 4 is 21.6 Å². The number of nitrogens with zero attached hydrogens (tertiary/aromatic N) is 2. The van der Waals surface area contributed by atoms with E-state index in [1.165, 1.54) is 29.5 Å². The van der Waals surface area contributed by atoms with E-state index in [2.05, 4.69) is 9.97 Å². The number of nitrogens with one attached hydrogen (secondary N) is 1. The minimum Gasteiger partial charge on any atom is -0.309 e. The second kappa shape index (κ2) is 7.61. The van der Waals surface area contributed by atoms with Crippen LogP contribution in [0.25, 0.3) is 21.3 Å². The summed E-state index contributed by atoms with van der Waals surface area (Å²) >= 11 is 1.37. The lowest BCUT2D eigenvalue weighted by Gasteiger charge is -2.16. The zero-order chi connectivity index (χ0) is 19.7. The molecule has 0 bridgehead atoms. The lowest BCUT2D eigenvalue weighted by Crippen LogP contribution is -2.22. The Hall–Kier alpha value is -2.90. The fourth-order valence-corrected chi connectivity index (χ4v) is 4.11. The van der Waals surface area contributed by atoms with E-state index in [1.54, 1.807) is 30.3 Å². The van der Waals surface area contributed by atoms with E-state index in [0.29, 0.717) is 34.7 Å². The summed E-state index contributed by atoms with van der Waals surface area (Å²) < 4.78 is 27.0. The first-order chi connectivity index (χ1) is 13.5. The van der Waals surface area contributed by atoms with Crippen LogP contribution in [-0.2, 0) is 13.1 Å². The molecule has 4 aromatic rings. The van der Waals surface area contributed by atoms with Gasteiger partial charge in [0, 0.05) is 23.1 Å². The average molecular weight is 397 g/mol. The average Bonchev–Trinajstić information content (AvgIpc) is 3.09. The van der Waals surface area contributed by atoms with Gasteiger partial charge in [0.05, 0.1) is 11.9 Å². The lowest BCUT2D eigenvalue weighted by molar-refractivity contribution is 0.305. The second-order valence-corrected chi connectivity index (χ2v) is 7.47. The van der Waals surface area contributed by atoms with E-state index in [4.69, 9.17) is 0 Å². The summed E-state index contributed by atoms with van der Waals surface area (Å²) in [6.45, 7) is 0.781. The summed E-state index contributed by atoms with van der Waals surface area (Å²) in [5.41, 5.74) is 1.85. The maximum atomic E-state index is 13.8. The van der Waals surface area contributed by atoms with Gasteiger partial charge in [0.25, 0.3) is 5.56 Å². The fourth-order valence-electron chi connectivity index (χ4n) is 3.14. The normalized spacial score (nSPS) is 11.4. The van der Waals surface area contributed by atoms with Gasteiger partial charge in [-0.3, -0.25) is 9.69 Å². The Morgan fingerprint density at radius 2 is 1.82 bits per heavy atom. The number of aromatic amines is 1. The maximum absolute atomic E-state index is 13.8. The lowest BCUT2D eigenvalue weighted by atomic mass is 10.1. The van der Waals surface area contributed by atoms with Crippen molar-refractivity contribution in [3.05, 3.63) is 87.3 Å². The topological polar surface area (TPSA) is 49.0 Å². The molecule has 0 atom stereocenters. The smallest absolute Gasteiger partial charge is 0.260 e. The van der Waals surface area contributed by atoms with Gasteiger partial charge in [0.15, 0.2) is 0 Å². The molecule has 28 heavy (non-hydrogen) atoms. The van der Waals surface area contributed by atoms with Gasteiger partial charge in [-0.05, 0) is 30.8 Å². The highest BCUT2D eigenvalue weighted by Crippen LogP contribution is 2.30. The highest BCUT2D eigenvalue weighted by molar-refractivity contribution is 7.17. The molecule has 2 aromatic carbocycles. The number of rotatable bonds is 5. The molecule has 142 valence electrons. The predicted molar refractivity (Wildman–Crippen MR) is 107 cm³/mol. The summed E-state index contributed by atoms with van der Waals surface area (Å²) in [4.78, 5) is 22.6. The SMILES string of the molecule is CN(Cc1nc2scc(-c3ccc(F)cc3)c2c(=O)[nH]1)Cc1ccccc1F. The highest BCUT2D eigenvalue weighted by Gasteiger charge is 2.14. The van der Waals surface area contributed by atoms with Crippen LogP contribution in [0.2, 0.25) is 0 Å². The van der Waals surface area contributed by atoms with Crippen LogP contribution in [0.5, 0.6) is 0 Å². The first kappa shape index (κ1) is 18.5. The van der Waals surface area contributed by atoms with Gasteiger partial charge in [-0.1, -0.05) is 30.3 Å². The molecule has 0 fully saturated rings. The zero-order valence-corrected chi connectivity index (χ0v) is 15.9. The van der Waals surface area contributed by atoms with Gasteiger partial charge in [-0.2, -0.15) is 0 Å². The number of H-pyrrole nitrogens is 1. The molecule has 1 N–H and O–H groups in total. The molecule has 2 heterocycles. The van der Waals surface area contributed by atoms with E-state index in [-0.39, 0.29) is 17.2 Å². The Kier molecular flexibility index (Phi) is 5.02. The predicted octanol–water partition coefficient (Wildman–Crippen LogP) is 4.56. The first-order valence-corrected chi connectivity index (χ1v) is 9.57. The molecule has 2 aromatic heterocycles. The van der Waals surface area contributed by atoms with E-state index in [1.807, 2.05) is 17.3 Å². The molecule has 0 aliphatic carbocycles. The van der Waals surface area contributed by atoms with Crippen LogP contribution >= 0.6 is 11.3 Å². The minimum absolute atomic E-state index is 0.236. The van der Waals surface area contributed by atoms with Crippen molar-refractivity contribution in [1.82, 2.24) is 14.9 Å². The third kappa shape index (κ3) is 3.72. The molecule has 0 radical (unpaired) electrons. The minimum atomic E-state index is -0.324. The summed E-state index contributed by atoms with van der Waals surface area (Å²) in [5.74, 6) is -0.0622. The second-order valence-electron chi connectivity index (χ2n) is 6.61. The van der Waals surface area contributed by atoms with Gasteiger partial charge in [0.2, 0.25) is 0 Å². The Morgan fingerprint density at radius 1 is 1.07 bits per heavy atom. The van der Waals surface area contributed by atoms with Crippen LogP contribution in [0.15, 0.2) is 58.7 Å². The summed E-state index contributed by atoms with van der Waals surface area (Å²) in [6.07, 6.45) is 0. The van der Waals surface area contributed by atoms with Crippen LogP contribution in [0, 0.1) is 11.6 Å². The van der Waals surface area contributed by atoms with E-state index in [0.717, 1.165) is 11.1 Å². The van der Waals surface area contributed by atoms with Crippen molar-refractivity contribution in [2.75, 3.05) is 7.05 Å². The van der Waals surface area contributed by atoms with Crippen molar-refractivity contribution in [2.45, 2.75) is 13.1 Å². The molecule has 4 nitrogen and oxygen atoms in total. The monoisotopic (exact) mass is 397 g/mol. The number of benzene rings is 2. The van der Waals surface area contributed by atoms with Crippen molar-refractivity contribution in [3.63, 3.8) is 0 Å². The number of halogens is 2. The van der Waals surface area contributed by atoms with Gasteiger partial charge >= 0.3 is 0 Å². The summed E-state index contributed by atoms with van der Waals surface area (Å²) in [5, 5.41) is 2.35. The molecule has 0 spiro atoms. The Balaban J connectivity index is 1.61. The summed E-state index contributed by atoms with van der Waals surface area (Å²) in [6, 6.07) is 12.6. The summed E-state index contributed by atoms with van der Waals surface area (Å²) in [7, 11) is 1.84. The van der Waals surface area contributed by atoms with Gasteiger partial charge in [0.1, 0.15) is 22.3 Å². The first-order valence-electron chi connectivity index (χ1n) is 8.69. The molecule has 0 aliphatic rings. The number of hydrogen-bond donors (Lipinski definition) is 1. The van der Waals surface area contributed by atoms with Gasteiger partial charge in [-0.15, -0.1) is 11.3 Å². The number of aromatic nitrogens is 2. The Morgan fingerprint density at radius 3 is 2.57 bits per heavy atom. The van der Waals surface area contributed by atoms with Crippen LogP contribution in [0.1, 0.15) is 11.4 Å². The molecule has 4 rings (SSSR count). The van der Waals surface area contributed by atoms with Crippen molar-refractivity contribution in [1.29, 1.82) is 0 Å². The fraction of sp³-hybridized carbons (Fsp3) is 0.143. The van der Waals surface area contributed by atoms with Gasteiger partial charge in [-0.25, -0.2) is 13.8 Å². The molecule has 0 amide bonds. The molecule has 0 unspecified atom stereocenters. The van der Waals surface area contributed by atoms with Crippen LogP contribution in [0.3, 0.4) is 0 Å². The van der Waals surface area contributed by atoms with E-state index >= 15 is 0 Å². The largest absolute Gasteiger partial charge is 0.309 e. The highest BCUT2D eigenvalue weighted by atomic mass is 32.1. The third-order valence-electron chi connectivity index (χ3n) is 4.47. The van der Waals surface area contributed by atoms with Crippen molar-refractivity contribution in [2.24, 2.45) is 0 Å². The van der Waals surface area contributed by atoms with Crippen molar-refractivity contribution in [3.8, 4) is 11.1 Å². The number of hydrogen-bond acceptors (Lipinski definition) is 4. The van der Waals surface area contributed by atoms with Crippen LogP contribution in [0.4, 0.5) is 8.78 Å². The quantitative estimate of drug-likeness (QED) is 0.537. The zero-order valence-electron chi connectivity index (χ0n) is 15.1. The molecular weight excluding hydrogens is 380 g/mol. The molecular formula is C21H17F2N3OS. The van der Waals surface area contributed by atoms with Gasteiger partial charge < -0.3 is 4.98 Å². The Labute approximate surface area is 164 Å². The van der Waals surface area contributed by atoms with Crippen LogP contribution < -0.4 is 5.56 Å². The third-order valence-corrected chi connectivity index (χ3v) is 5.34. The van der Waals surface area contributed by atoms with E-state index in [9.17, 15) is 13.6 Å². The number of thiophene rings is 1. The molecule has 0 saturated heterocycles. The standard InChI is InChI=1S/C21H17F2N3OS/c1-26(10-14-4-2-3-5-17(14)23)11-18-24-20(27)19-16(12-28-21(19)25-18)13-6-8-15(22)9-7-13/h2-9,12H,10-11H2,1H3,(H,24,25,27). The van der Waals surface area contributed by atoms with E-state index < -0.39 is 0 Å². The van der Waals surface area contributed by atoms with Crippen LogP contribution in [-0.4, -0.2) is 21.9 Å². The van der Waals surface area contributed by atoms with Crippen molar-refractivity contribution < 1.29 is 8.78 Å². The molecule has 0 saturated carbocycles. The molecule has 0 aliphatic heterocycles. The molecule has 7 heteroatoms. The Bertz CT molecular complexity index is 1180.